The molecule has 27 heavy (non-hydrogen) atoms. The van der Waals surface area contributed by atoms with Gasteiger partial charge in [0.25, 0.3) is 0 Å². The second kappa shape index (κ2) is 6.07. The van der Waals surface area contributed by atoms with E-state index >= 15 is 0 Å². The summed E-state index contributed by atoms with van der Waals surface area (Å²) in [6.07, 6.45) is 0. The summed E-state index contributed by atoms with van der Waals surface area (Å²) >= 11 is 0. The first-order valence-electron chi connectivity index (χ1n) is 9.41. The summed E-state index contributed by atoms with van der Waals surface area (Å²) in [5.74, 6) is -0.0438. The van der Waals surface area contributed by atoms with Crippen molar-refractivity contribution in [3.8, 4) is 11.1 Å². The van der Waals surface area contributed by atoms with Gasteiger partial charge in [0.1, 0.15) is 6.04 Å². The van der Waals surface area contributed by atoms with E-state index in [4.69, 9.17) is 4.74 Å². The molecule has 3 nitrogen and oxygen atoms in total. The van der Waals surface area contributed by atoms with Gasteiger partial charge in [-0.15, -0.1) is 0 Å². The van der Waals surface area contributed by atoms with E-state index in [1.54, 1.807) is 0 Å². The van der Waals surface area contributed by atoms with E-state index in [-0.39, 0.29) is 17.9 Å². The largest absolute Gasteiger partial charge is 0.464 e. The molecule has 0 radical (unpaired) electrons. The maximum atomic E-state index is 12.5. The molecule has 0 saturated carbocycles. The van der Waals surface area contributed by atoms with Crippen molar-refractivity contribution < 1.29 is 9.53 Å². The van der Waals surface area contributed by atoms with Crippen LogP contribution in [0.4, 0.5) is 0 Å². The zero-order chi connectivity index (χ0) is 18.4. The molecule has 0 amide bonds. The first kappa shape index (κ1) is 16.3. The Bertz CT molecular complexity index is 966. The van der Waals surface area contributed by atoms with Crippen LogP contribution in [-0.2, 0) is 15.1 Å². The fourth-order valence-corrected chi connectivity index (χ4v) is 4.54. The number of carbonyl (C=O) groups is 1. The van der Waals surface area contributed by atoms with Crippen molar-refractivity contribution in [2.75, 3.05) is 6.61 Å². The Hall–Kier alpha value is -2.91. The summed E-state index contributed by atoms with van der Waals surface area (Å²) in [4.78, 5) is 12.5. The smallest absolute Gasteiger partial charge is 0.323 e. The zero-order valence-corrected chi connectivity index (χ0v) is 15.2. The highest BCUT2D eigenvalue weighted by atomic mass is 16.5. The van der Waals surface area contributed by atoms with E-state index in [1.165, 1.54) is 22.3 Å². The van der Waals surface area contributed by atoms with Gasteiger partial charge in [-0.1, -0.05) is 85.8 Å². The first-order valence-corrected chi connectivity index (χ1v) is 9.41. The summed E-state index contributed by atoms with van der Waals surface area (Å²) in [5.41, 5.74) is 5.35. The van der Waals surface area contributed by atoms with Crippen LogP contribution in [0.1, 0.15) is 23.6 Å². The Morgan fingerprint density at radius 3 is 1.96 bits per heavy atom. The van der Waals surface area contributed by atoms with Gasteiger partial charge in [-0.2, -0.15) is 0 Å². The monoisotopic (exact) mass is 355 g/mol. The van der Waals surface area contributed by atoms with E-state index in [1.807, 2.05) is 6.07 Å². The lowest BCUT2D eigenvalue weighted by Gasteiger charge is -2.36. The van der Waals surface area contributed by atoms with Gasteiger partial charge in [-0.05, 0) is 27.8 Å². The lowest BCUT2D eigenvalue weighted by Crippen LogP contribution is -2.52. The molecule has 1 saturated heterocycles. The van der Waals surface area contributed by atoms with Crippen LogP contribution >= 0.6 is 0 Å². The number of hydrogen-bond acceptors (Lipinski definition) is 3. The van der Waals surface area contributed by atoms with Gasteiger partial charge in [0, 0.05) is 5.92 Å². The molecule has 3 heteroatoms. The third kappa shape index (κ3) is 2.28. The zero-order valence-electron chi connectivity index (χ0n) is 15.2. The minimum Gasteiger partial charge on any atom is -0.464 e. The summed E-state index contributed by atoms with van der Waals surface area (Å²) in [6, 6.07) is 27.0. The fraction of sp³-hybridized carbons (Fsp3) is 0.208. The summed E-state index contributed by atoms with van der Waals surface area (Å²) in [7, 11) is 0. The van der Waals surface area contributed by atoms with E-state index < -0.39 is 5.54 Å². The Balaban J connectivity index is 1.80. The van der Waals surface area contributed by atoms with E-state index in [9.17, 15) is 4.79 Å². The number of hydrogen-bond donors (Lipinski definition) is 1. The molecule has 1 heterocycles. The van der Waals surface area contributed by atoms with Crippen molar-refractivity contribution in [1.82, 2.24) is 5.32 Å². The predicted octanol–water partition coefficient (Wildman–Crippen LogP) is 4.11. The molecule has 1 N–H and O–H groups in total. The van der Waals surface area contributed by atoms with Gasteiger partial charge in [-0.25, -0.2) is 0 Å². The number of cyclic esters (lactones) is 1. The Morgan fingerprint density at radius 1 is 0.852 bits per heavy atom. The van der Waals surface area contributed by atoms with Gasteiger partial charge in [0.15, 0.2) is 0 Å². The summed E-state index contributed by atoms with van der Waals surface area (Å²) in [6.45, 7) is 2.53. The maximum Gasteiger partial charge on any atom is 0.323 e. The van der Waals surface area contributed by atoms with Crippen molar-refractivity contribution in [2.24, 2.45) is 5.92 Å². The Kier molecular flexibility index (Phi) is 3.66. The number of nitrogens with one attached hydrogen (secondary N) is 1. The van der Waals surface area contributed by atoms with E-state index in [0.29, 0.717) is 6.61 Å². The first-order chi connectivity index (χ1) is 13.2. The molecular weight excluding hydrogens is 334 g/mol. The highest BCUT2D eigenvalue weighted by Gasteiger charge is 2.48. The molecular formula is C24H21NO2. The molecule has 1 fully saturated rings. The number of benzene rings is 3. The molecule has 0 aromatic heterocycles. The Labute approximate surface area is 159 Å². The summed E-state index contributed by atoms with van der Waals surface area (Å²) in [5, 5.41) is 3.74. The van der Waals surface area contributed by atoms with Crippen LogP contribution in [0.2, 0.25) is 0 Å². The van der Waals surface area contributed by atoms with Crippen LogP contribution in [0, 0.1) is 5.92 Å². The lowest BCUT2D eigenvalue weighted by atomic mass is 9.79. The molecule has 3 aromatic carbocycles. The highest BCUT2D eigenvalue weighted by Crippen LogP contribution is 2.51. The van der Waals surface area contributed by atoms with Gasteiger partial charge in [0.05, 0.1) is 12.1 Å². The SMILES string of the molecule is C[C@@H]1COC(=O)C1NC1(c2ccccc2)c2ccccc2-c2ccccc21. The van der Waals surface area contributed by atoms with Crippen LogP contribution in [0.3, 0.4) is 0 Å². The molecule has 3 aromatic rings. The van der Waals surface area contributed by atoms with Crippen molar-refractivity contribution in [3.63, 3.8) is 0 Å². The maximum absolute atomic E-state index is 12.5. The third-order valence-corrected chi connectivity index (χ3v) is 5.84. The fourth-order valence-electron chi connectivity index (χ4n) is 4.54. The van der Waals surface area contributed by atoms with Crippen LogP contribution in [0.25, 0.3) is 11.1 Å². The second-order valence-electron chi connectivity index (χ2n) is 7.44. The van der Waals surface area contributed by atoms with E-state index in [0.717, 1.165) is 5.56 Å². The number of carbonyl (C=O) groups excluding carboxylic acids is 1. The average Bonchev–Trinajstić information content (AvgIpc) is 3.19. The average molecular weight is 355 g/mol. The summed E-state index contributed by atoms with van der Waals surface area (Å²) < 4.78 is 5.34. The lowest BCUT2D eigenvalue weighted by molar-refractivity contribution is -0.140. The van der Waals surface area contributed by atoms with Gasteiger partial charge < -0.3 is 4.74 Å². The molecule has 0 bridgehead atoms. The minimum absolute atomic E-state index is 0.123. The molecule has 1 aliphatic carbocycles. The van der Waals surface area contributed by atoms with Crippen molar-refractivity contribution in [2.45, 2.75) is 18.5 Å². The molecule has 1 unspecified atom stereocenters. The van der Waals surface area contributed by atoms with Gasteiger partial charge >= 0.3 is 5.97 Å². The van der Waals surface area contributed by atoms with Crippen LogP contribution in [-0.4, -0.2) is 18.6 Å². The second-order valence-corrected chi connectivity index (χ2v) is 7.44. The van der Waals surface area contributed by atoms with Gasteiger partial charge in [-0.3, -0.25) is 10.1 Å². The minimum atomic E-state index is -0.573. The Morgan fingerprint density at radius 2 is 1.41 bits per heavy atom. The quantitative estimate of drug-likeness (QED) is 0.719. The highest BCUT2D eigenvalue weighted by molar-refractivity contribution is 5.84. The number of ether oxygens (including phenoxy) is 1. The third-order valence-electron chi connectivity index (χ3n) is 5.84. The normalized spacial score (nSPS) is 22.2. The molecule has 134 valence electrons. The predicted molar refractivity (Wildman–Crippen MR) is 105 cm³/mol. The standard InChI is InChI=1S/C24H21NO2/c1-16-15-27-23(26)22(16)25-24(17-9-3-2-4-10-17)20-13-7-5-11-18(20)19-12-6-8-14-21(19)24/h2-14,16,22,25H,15H2,1H3/t16-,22?/m1/s1. The molecule has 2 aliphatic rings. The van der Waals surface area contributed by atoms with Gasteiger partial charge in [0.2, 0.25) is 0 Å². The molecule has 5 rings (SSSR count). The number of rotatable bonds is 3. The van der Waals surface area contributed by atoms with E-state index in [2.05, 4.69) is 85.0 Å². The molecule has 1 aliphatic heterocycles. The molecule has 2 atom stereocenters. The van der Waals surface area contributed by atoms with Crippen molar-refractivity contribution >= 4 is 5.97 Å². The van der Waals surface area contributed by atoms with Crippen LogP contribution in [0.15, 0.2) is 78.9 Å². The topological polar surface area (TPSA) is 38.3 Å². The van der Waals surface area contributed by atoms with Crippen LogP contribution in [0.5, 0.6) is 0 Å². The van der Waals surface area contributed by atoms with Crippen LogP contribution < -0.4 is 5.32 Å². The molecule has 0 spiro atoms. The number of fused-ring (bicyclic) bond motifs is 3. The van der Waals surface area contributed by atoms with Crippen molar-refractivity contribution in [3.05, 3.63) is 95.6 Å². The van der Waals surface area contributed by atoms with Crippen molar-refractivity contribution in [1.29, 1.82) is 0 Å². The number of esters is 1.